The highest BCUT2D eigenvalue weighted by Crippen LogP contribution is 2.28. The zero-order chi connectivity index (χ0) is 15.5. The van der Waals surface area contributed by atoms with Crippen LogP contribution in [0.4, 0.5) is 10.2 Å². The van der Waals surface area contributed by atoms with Crippen LogP contribution in [0.3, 0.4) is 0 Å². The molecule has 6 nitrogen and oxygen atoms in total. The van der Waals surface area contributed by atoms with Gasteiger partial charge >= 0.3 is 0 Å². The van der Waals surface area contributed by atoms with Crippen LogP contribution < -0.4 is 10.6 Å². The van der Waals surface area contributed by atoms with E-state index in [1.165, 1.54) is 18.1 Å². The fraction of sp³-hybridized carbons (Fsp3) is 0.357. The predicted molar refractivity (Wildman–Crippen MR) is 89.8 cm³/mol. The van der Waals surface area contributed by atoms with Crippen molar-refractivity contribution in [2.45, 2.75) is 12.6 Å². The van der Waals surface area contributed by atoms with E-state index < -0.39 is 6.17 Å². The van der Waals surface area contributed by atoms with Gasteiger partial charge in [0.1, 0.15) is 6.17 Å². The third-order valence-electron chi connectivity index (χ3n) is 3.64. The predicted octanol–water partition coefficient (Wildman–Crippen LogP) is 2.15. The second kappa shape index (κ2) is 6.35. The Morgan fingerprint density at radius 2 is 2.50 bits per heavy atom. The quantitative estimate of drug-likeness (QED) is 0.666. The van der Waals surface area contributed by atoms with E-state index in [-0.39, 0.29) is 0 Å². The molecule has 22 heavy (non-hydrogen) atoms. The smallest absolute Gasteiger partial charge is 0.160 e. The number of anilines is 1. The van der Waals surface area contributed by atoms with Crippen molar-refractivity contribution >= 4 is 40.6 Å². The fourth-order valence-electron chi connectivity index (χ4n) is 2.52. The lowest BCUT2D eigenvalue weighted by molar-refractivity contribution is 0.364. The molecule has 8 heteroatoms. The molecule has 0 radical (unpaired) electrons. The lowest BCUT2D eigenvalue weighted by Gasteiger charge is -2.14. The number of hydrogen-bond donors (Lipinski definition) is 2. The summed E-state index contributed by atoms with van der Waals surface area (Å²) in [4.78, 5) is 6.31. The van der Waals surface area contributed by atoms with E-state index in [0.29, 0.717) is 25.2 Å². The number of allylic oxidation sites excluding steroid dienone is 1. The molecule has 116 valence electrons. The number of alkyl halides is 1. The maximum Gasteiger partial charge on any atom is 0.160 e. The summed E-state index contributed by atoms with van der Waals surface area (Å²) in [6.45, 7) is 1.04. The topological polar surface area (TPSA) is 83.2 Å². The average molecular weight is 320 g/mol. The number of nitrogens with zero attached hydrogens (tertiary/aromatic N) is 4. The summed E-state index contributed by atoms with van der Waals surface area (Å²) >= 11 is 1.35. The van der Waals surface area contributed by atoms with Gasteiger partial charge in [0.2, 0.25) is 0 Å². The zero-order valence-corrected chi connectivity index (χ0v) is 13.0. The SMILES string of the molecule is CSN=CC(=CN)c1cnc2[nH]nc(N3CCC(F)C3)c2c1. The van der Waals surface area contributed by atoms with Crippen molar-refractivity contribution in [3.8, 4) is 0 Å². The van der Waals surface area contributed by atoms with E-state index in [1.807, 2.05) is 17.2 Å². The van der Waals surface area contributed by atoms with Gasteiger partial charge in [0.25, 0.3) is 0 Å². The van der Waals surface area contributed by atoms with Gasteiger partial charge in [-0.2, -0.15) is 5.10 Å². The molecule has 1 aliphatic heterocycles. The molecule has 0 amide bonds. The highest BCUT2D eigenvalue weighted by atomic mass is 32.2. The molecule has 0 aromatic carbocycles. The molecule has 1 unspecified atom stereocenters. The molecule has 1 saturated heterocycles. The van der Waals surface area contributed by atoms with E-state index in [1.54, 1.807) is 12.4 Å². The number of nitrogens with one attached hydrogen (secondary N) is 1. The first-order valence-electron chi connectivity index (χ1n) is 6.95. The number of rotatable bonds is 4. The molecule has 0 spiro atoms. The first-order chi connectivity index (χ1) is 10.7. The van der Waals surface area contributed by atoms with Crippen molar-refractivity contribution < 1.29 is 4.39 Å². The summed E-state index contributed by atoms with van der Waals surface area (Å²) in [6, 6.07) is 1.96. The number of fused-ring (bicyclic) bond motifs is 1. The van der Waals surface area contributed by atoms with Gasteiger partial charge in [-0.1, -0.05) is 0 Å². The summed E-state index contributed by atoms with van der Waals surface area (Å²) in [7, 11) is 0. The van der Waals surface area contributed by atoms with Crippen LogP contribution in [0.25, 0.3) is 16.6 Å². The van der Waals surface area contributed by atoms with Crippen LogP contribution in [0.5, 0.6) is 0 Å². The maximum atomic E-state index is 13.4. The zero-order valence-electron chi connectivity index (χ0n) is 12.2. The Morgan fingerprint density at radius 3 is 3.18 bits per heavy atom. The Labute approximate surface area is 131 Å². The average Bonchev–Trinajstić information content (AvgIpc) is 3.13. The van der Waals surface area contributed by atoms with E-state index in [4.69, 9.17) is 5.73 Å². The largest absolute Gasteiger partial charge is 0.404 e. The van der Waals surface area contributed by atoms with Gasteiger partial charge in [-0.15, -0.1) is 0 Å². The van der Waals surface area contributed by atoms with E-state index >= 15 is 0 Å². The fourth-order valence-corrected chi connectivity index (χ4v) is 2.74. The highest BCUT2D eigenvalue weighted by Gasteiger charge is 2.25. The molecule has 0 bridgehead atoms. The second-order valence-corrected chi connectivity index (χ2v) is 5.61. The lowest BCUT2D eigenvalue weighted by atomic mass is 10.1. The molecule has 1 atom stereocenters. The van der Waals surface area contributed by atoms with Crippen LogP contribution in [0.1, 0.15) is 12.0 Å². The van der Waals surface area contributed by atoms with E-state index in [0.717, 1.165) is 22.3 Å². The lowest BCUT2D eigenvalue weighted by Crippen LogP contribution is -2.20. The molecule has 2 aromatic rings. The van der Waals surface area contributed by atoms with Crippen LogP contribution in [0.2, 0.25) is 0 Å². The van der Waals surface area contributed by atoms with E-state index in [2.05, 4.69) is 19.6 Å². The van der Waals surface area contributed by atoms with Gasteiger partial charge in [-0.3, -0.25) is 5.10 Å². The monoisotopic (exact) mass is 320 g/mol. The van der Waals surface area contributed by atoms with Crippen LogP contribution in [-0.4, -0.2) is 46.9 Å². The Hall–Kier alpha value is -2.09. The molecule has 3 heterocycles. The third kappa shape index (κ3) is 2.78. The molecule has 0 aliphatic carbocycles. The minimum absolute atomic E-state index is 0.373. The summed E-state index contributed by atoms with van der Waals surface area (Å²) in [5.74, 6) is 0.739. The van der Waals surface area contributed by atoms with Crippen molar-refractivity contribution in [2.75, 3.05) is 24.2 Å². The summed E-state index contributed by atoms with van der Waals surface area (Å²) in [6.07, 6.45) is 6.53. The molecule has 2 aromatic heterocycles. The van der Waals surface area contributed by atoms with Crippen molar-refractivity contribution in [3.05, 3.63) is 24.0 Å². The number of aromatic amines is 1. The molecule has 3 N–H and O–H groups in total. The first kappa shape index (κ1) is 14.8. The number of nitrogens with two attached hydrogens (primary N) is 1. The van der Waals surface area contributed by atoms with Crippen molar-refractivity contribution in [1.82, 2.24) is 15.2 Å². The van der Waals surface area contributed by atoms with Gasteiger partial charge < -0.3 is 10.6 Å². The molecule has 1 aliphatic rings. The molecular formula is C14H17FN6S. The van der Waals surface area contributed by atoms with Crippen LogP contribution >= 0.6 is 11.9 Å². The molecular weight excluding hydrogens is 303 g/mol. The van der Waals surface area contributed by atoms with E-state index in [9.17, 15) is 4.39 Å². The normalized spacial score (nSPS) is 19.6. The van der Waals surface area contributed by atoms with Crippen molar-refractivity contribution in [1.29, 1.82) is 0 Å². The number of aromatic nitrogens is 3. The highest BCUT2D eigenvalue weighted by molar-refractivity contribution is 7.97. The van der Waals surface area contributed by atoms with Crippen molar-refractivity contribution in [3.63, 3.8) is 0 Å². The van der Waals surface area contributed by atoms with Gasteiger partial charge in [-0.05, 0) is 24.4 Å². The third-order valence-corrected chi connectivity index (χ3v) is 3.95. The number of hydrogen-bond acceptors (Lipinski definition) is 6. The molecule has 1 fully saturated rings. The molecule has 3 rings (SSSR count). The summed E-state index contributed by atoms with van der Waals surface area (Å²) in [5.41, 5.74) is 7.98. The number of pyridine rings is 1. The molecule has 0 saturated carbocycles. The second-order valence-electron chi connectivity index (χ2n) is 5.04. The van der Waals surface area contributed by atoms with Gasteiger partial charge in [-0.25, -0.2) is 13.8 Å². The Balaban J connectivity index is 1.99. The Bertz CT molecular complexity index is 725. The van der Waals surface area contributed by atoms with Crippen molar-refractivity contribution in [2.24, 2.45) is 10.1 Å². The van der Waals surface area contributed by atoms with Crippen LogP contribution in [0, 0.1) is 0 Å². The van der Waals surface area contributed by atoms with Gasteiger partial charge in [0.05, 0.1) is 11.9 Å². The summed E-state index contributed by atoms with van der Waals surface area (Å²) < 4.78 is 17.6. The maximum absolute atomic E-state index is 13.4. The van der Waals surface area contributed by atoms with Gasteiger partial charge in [0.15, 0.2) is 11.5 Å². The van der Waals surface area contributed by atoms with Crippen LogP contribution in [-0.2, 0) is 0 Å². The number of H-pyrrole nitrogens is 1. The summed E-state index contributed by atoms with van der Waals surface area (Å²) in [5, 5.41) is 8.04. The Morgan fingerprint density at radius 1 is 1.64 bits per heavy atom. The number of halogens is 1. The first-order valence-corrected chi connectivity index (χ1v) is 8.13. The minimum Gasteiger partial charge on any atom is -0.404 e. The van der Waals surface area contributed by atoms with Gasteiger partial charge in [0, 0.05) is 42.5 Å². The minimum atomic E-state index is -0.795. The van der Waals surface area contributed by atoms with Crippen LogP contribution in [0.15, 0.2) is 22.9 Å². The Kier molecular flexibility index (Phi) is 4.28. The standard InChI is InChI=1S/C14H17FN6S/c1-22-18-7-10(5-16)9-4-12-13(17-6-9)19-20-14(12)21-3-2-11(15)8-21/h4-7,11H,2-3,8,16H2,1H3,(H,17,19,20).